The molecular formula is C14H11BrFO. The Morgan fingerprint density at radius 2 is 1.82 bits per heavy atom. The molecule has 0 saturated carbocycles. The molecule has 0 aliphatic carbocycles. The predicted molar refractivity (Wildman–Crippen MR) is 69.3 cm³/mol. The van der Waals surface area contributed by atoms with Crippen molar-refractivity contribution in [2.75, 3.05) is 0 Å². The summed E-state index contributed by atoms with van der Waals surface area (Å²) in [5, 5.41) is 9.07. The van der Waals surface area contributed by atoms with Gasteiger partial charge in [0.05, 0.1) is 0 Å². The van der Waals surface area contributed by atoms with E-state index in [-0.39, 0.29) is 5.75 Å². The number of phenols is 1. The Hall–Kier alpha value is -1.35. The van der Waals surface area contributed by atoms with Crippen molar-refractivity contribution in [2.45, 2.75) is 6.42 Å². The Bertz CT molecular complexity index is 508. The zero-order valence-corrected chi connectivity index (χ0v) is 10.6. The quantitative estimate of drug-likeness (QED) is 0.904. The van der Waals surface area contributed by atoms with Crippen LogP contribution in [0.1, 0.15) is 11.1 Å². The molecule has 0 amide bonds. The second kappa shape index (κ2) is 5.32. The van der Waals surface area contributed by atoms with E-state index in [0.29, 0.717) is 6.42 Å². The summed E-state index contributed by atoms with van der Waals surface area (Å²) in [5.41, 5.74) is 1.92. The van der Waals surface area contributed by atoms with E-state index in [2.05, 4.69) is 15.9 Å². The van der Waals surface area contributed by atoms with Gasteiger partial charge in [-0.25, -0.2) is 4.39 Å². The fraction of sp³-hybridized carbons (Fsp3) is 0.0714. The van der Waals surface area contributed by atoms with Gasteiger partial charge in [-0.3, -0.25) is 0 Å². The van der Waals surface area contributed by atoms with Crippen LogP contribution >= 0.6 is 15.9 Å². The molecule has 0 unspecified atom stereocenters. The molecule has 3 heteroatoms. The molecule has 0 saturated heterocycles. The predicted octanol–water partition coefficient (Wildman–Crippen LogP) is 4.09. The molecule has 87 valence electrons. The fourth-order valence-corrected chi connectivity index (χ4v) is 1.78. The zero-order valence-electron chi connectivity index (χ0n) is 9.03. The van der Waals surface area contributed by atoms with Gasteiger partial charge in [-0.1, -0.05) is 34.1 Å². The van der Waals surface area contributed by atoms with E-state index in [1.807, 2.05) is 30.7 Å². The Labute approximate surface area is 108 Å². The third-order valence-electron chi connectivity index (χ3n) is 2.46. The lowest BCUT2D eigenvalue weighted by Gasteiger charge is -2.03. The molecule has 2 aromatic rings. The minimum atomic E-state index is -0.577. The first kappa shape index (κ1) is 12.1. The first-order chi connectivity index (χ1) is 8.15. The Morgan fingerprint density at radius 1 is 1.12 bits per heavy atom. The minimum absolute atomic E-state index is 0.308. The molecule has 2 aromatic carbocycles. The largest absolute Gasteiger partial charge is 0.505 e. The van der Waals surface area contributed by atoms with Gasteiger partial charge in [0.15, 0.2) is 11.6 Å². The minimum Gasteiger partial charge on any atom is -0.505 e. The number of rotatable bonds is 3. The molecule has 0 spiro atoms. The third kappa shape index (κ3) is 3.30. The topological polar surface area (TPSA) is 20.2 Å². The van der Waals surface area contributed by atoms with Crippen LogP contribution in [0.3, 0.4) is 0 Å². The van der Waals surface area contributed by atoms with Crippen LogP contribution in [0, 0.1) is 12.2 Å². The van der Waals surface area contributed by atoms with Crippen LogP contribution in [-0.2, 0) is 6.42 Å². The van der Waals surface area contributed by atoms with Gasteiger partial charge < -0.3 is 5.11 Å². The van der Waals surface area contributed by atoms with Crippen molar-refractivity contribution < 1.29 is 9.50 Å². The Morgan fingerprint density at radius 3 is 2.47 bits per heavy atom. The summed E-state index contributed by atoms with van der Waals surface area (Å²) in [6, 6.07) is 12.3. The van der Waals surface area contributed by atoms with Gasteiger partial charge in [-0.05, 0) is 48.2 Å². The lowest BCUT2D eigenvalue weighted by atomic mass is 10.0. The summed E-state index contributed by atoms with van der Waals surface area (Å²) in [4.78, 5) is 0. The first-order valence-corrected chi connectivity index (χ1v) is 6.00. The zero-order chi connectivity index (χ0) is 12.3. The molecule has 1 nitrogen and oxygen atoms in total. The maximum atomic E-state index is 13.1. The van der Waals surface area contributed by atoms with Crippen LogP contribution in [0.2, 0.25) is 0 Å². The average molecular weight is 294 g/mol. The summed E-state index contributed by atoms with van der Waals surface area (Å²) in [7, 11) is 0. The number of halogens is 2. The summed E-state index contributed by atoms with van der Waals surface area (Å²) in [6.45, 7) is 0. The highest BCUT2D eigenvalue weighted by Gasteiger charge is 2.02. The molecule has 0 bridgehead atoms. The van der Waals surface area contributed by atoms with Gasteiger partial charge in [0.2, 0.25) is 0 Å². The molecule has 1 N–H and O–H groups in total. The number of hydrogen-bond donors (Lipinski definition) is 1. The van der Waals surface area contributed by atoms with E-state index in [1.54, 1.807) is 6.07 Å². The number of benzene rings is 2. The molecule has 0 heterocycles. The lowest BCUT2D eigenvalue weighted by molar-refractivity contribution is 0.432. The van der Waals surface area contributed by atoms with Gasteiger partial charge in [0, 0.05) is 4.47 Å². The number of phenolic OH excluding ortho intramolecular Hbond substituents is 1. The SMILES string of the molecule is Oc1ccc(C[CH]c2ccc(Br)cc2)cc1F. The van der Waals surface area contributed by atoms with Crippen molar-refractivity contribution in [3.8, 4) is 5.75 Å². The second-order valence-electron chi connectivity index (χ2n) is 3.75. The molecule has 2 rings (SSSR count). The van der Waals surface area contributed by atoms with Crippen molar-refractivity contribution in [3.63, 3.8) is 0 Å². The van der Waals surface area contributed by atoms with Gasteiger partial charge in [0.1, 0.15) is 0 Å². The van der Waals surface area contributed by atoms with E-state index in [0.717, 1.165) is 15.6 Å². The Kier molecular flexibility index (Phi) is 3.79. The van der Waals surface area contributed by atoms with Gasteiger partial charge in [-0.2, -0.15) is 0 Å². The van der Waals surface area contributed by atoms with E-state index in [1.165, 1.54) is 12.1 Å². The van der Waals surface area contributed by atoms with E-state index >= 15 is 0 Å². The molecule has 0 aliphatic rings. The molecule has 0 atom stereocenters. The molecule has 17 heavy (non-hydrogen) atoms. The van der Waals surface area contributed by atoms with E-state index in [4.69, 9.17) is 5.11 Å². The van der Waals surface area contributed by atoms with Crippen LogP contribution in [-0.4, -0.2) is 5.11 Å². The number of aromatic hydroxyl groups is 1. The molecule has 1 radical (unpaired) electrons. The normalized spacial score (nSPS) is 10.5. The van der Waals surface area contributed by atoms with Crippen LogP contribution in [0.5, 0.6) is 5.75 Å². The summed E-state index contributed by atoms with van der Waals surface area (Å²) in [5.74, 6) is -0.885. The Balaban J connectivity index is 2.02. The first-order valence-electron chi connectivity index (χ1n) is 5.21. The smallest absolute Gasteiger partial charge is 0.165 e. The molecule has 0 aliphatic heterocycles. The molecule has 0 aromatic heterocycles. The highest BCUT2D eigenvalue weighted by molar-refractivity contribution is 9.10. The standard InChI is InChI=1S/C14H11BrFO/c15-12-6-3-10(4-7-12)1-2-11-5-8-14(17)13(16)9-11/h1,3-9,17H,2H2. The summed E-state index contributed by atoms with van der Waals surface area (Å²) in [6.07, 6.45) is 2.65. The van der Waals surface area contributed by atoms with E-state index < -0.39 is 5.82 Å². The van der Waals surface area contributed by atoms with Crippen molar-refractivity contribution in [2.24, 2.45) is 0 Å². The van der Waals surface area contributed by atoms with Gasteiger partial charge in [-0.15, -0.1) is 0 Å². The highest BCUT2D eigenvalue weighted by Crippen LogP contribution is 2.18. The maximum absolute atomic E-state index is 13.1. The molecular weight excluding hydrogens is 283 g/mol. The molecule has 0 fully saturated rings. The van der Waals surface area contributed by atoms with Crippen LogP contribution < -0.4 is 0 Å². The van der Waals surface area contributed by atoms with Crippen molar-refractivity contribution >= 4 is 15.9 Å². The fourth-order valence-electron chi connectivity index (χ4n) is 1.51. The van der Waals surface area contributed by atoms with E-state index in [9.17, 15) is 4.39 Å². The van der Waals surface area contributed by atoms with Gasteiger partial charge >= 0.3 is 0 Å². The highest BCUT2D eigenvalue weighted by atomic mass is 79.9. The maximum Gasteiger partial charge on any atom is 0.165 e. The van der Waals surface area contributed by atoms with Crippen LogP contribution in [0.25, 0.3) is 0 Å². The van der Waals surface area contributed by atoms with Gasteiger partial charge in [0.25, 0.3) is 0 Å². The number of hydrogen-bond acceptors (Lipinski definition) is 1. The lowest BCUT2D eigenvalue weighted by Crippen LogP contribution is -1.89. The monoisotopic (exact) mass is 293 g/mol. The van der Waals surface area contributed by atoms with Crippen LogP contribution in [0.4, 0.5) is 4.39 Å². The second-order valence-corrected chi connectivity index (χ2v) is 4.66. The third-order valence-corrected chi connectivity index (χ3v) is 2.98. The van der Waals surface area contributed by atoms with Crippen molar-refractivity contribution in [1.29, 1.82) is 0 Å². The average Bonchev–Trinajstić information content (AvgIpc) is 2.33. The summed E-state index contributed by atoms with van der Waals surface area (Å²) >= 11 is 3.37. The summed E-state index contributed by atoms with van der Waals surface area (Å²) < 4.78 is 14.1. The van der Waals surface area contributed by atoms with Crippen molar-refractivity contribution in [1.82, 2.24) is 0 Å². The van der Waals surface area contributed by atoms with Crippen LogP contribution in [0.15, 0.2) is 46.9 Å². The van der Waals surface area contributed by atoms with Crippen molar-refractivity contribution in [3.05, 3.63) is 70.3 Å².